The van der Waals surface area contributed by atoms with Gasteiger partial charge in [0.05, 0.1) is 0 Å². The van der Waals surface area contributed by atoms with Crippen LogP contribution in [0.4, 0.5) is 13.2 Å². The Balaban J connectivity index is 2.12. The van der Waals surface area contributed by atoms with Crippen molar-refractivity contribution >= 4 is 12.3 Å². The predicted molar refractivity (Wildman–Crippen MR) is 92.4 cm³/mol. The van der Waals surface area contributed by atoms with Gasteiger partial charge in [0.1, 0.15) is 0 Å². The minimum Gasteiger partial charge on any atom is -0.477 e. The van der Waals surface area contributed by atoms with Crippen LogP contribution in [0.2, 0.25) is 0 Å². The summed E-state index contributed by atoms with van der Waals surface area (Å²) in [4.78, 5) is 30.2. The maximum absolute atomic E-state index is 12.3. The largest absolute Gasteiger partial charge is 0.477 e. The first kappa shape index (κ1) is 21.3. The second-order valence-corrected chi connectivity index (χ2v) is 6.05. The minimum absolute atomic E-state index is 0.0517. The van der Waals surface area contributed by atoms with Crippen molar-refractivity contribution in [1.82, 2.24) is 15.3 Å². The number of carbonyl (C=O) groups excluding carboxylic acids is 1. The zero-order valence-corrected chi connectivity index (χ0v) is 15.1. The molecule has 2 heterocycles. The van der Waals surface area contributed by atoms with Crippen LogP contribution in [0.15, 0.2) is 24.5 Å². The monoisotopic (exact) mass is 397 g/mol. The minimum atomic E-state index is -4.45. The highest BCUT2D eigenvalue weighted by Gasteiger charge is 2.29. The normalized spacial score (nSPS) is 12.5. The second kappa shape index (κ2) is 8.79. The Bertz CT molecular complexity index is 872. The molecule has 7 nitrogen and oxygen atoms in total. The lowest BCUT2D eigenvalue weighted by atomic mass is 10.1. The van der Waals surface area contributed by atoms with E-state index in [2.05, 4.69) is 20.0 Å². The number of aldehydes is 1. The van der Waals surface area contributed by atoms with E-state index in [-0.39, 0.29) is 35.3 Å². The highest BCUT2D eigenvalue weighted by atomic mass is 19.4. The molecule has 2 rings (SSSR count). The van der Waals surface area contributed by atoms with Crippen LogP contribution in [0.25, 0.3) is 0 Å². The standard InChI is InChI=1S/C18H18F3N3O4/c1-10-5-13(6-24-16(10)28-9-18(19,20)21)11(2)23-7-14-12(8-25)3-4-22-15(14)17(26)27/h3-6,8,11,23H,7,9H2,1-2H3,(H,26,27). The third kappa shape index (κ3) is 5.49. The molecule has 1 unspecified atom stereocenters. The summed E-state index contributed by atoms with van der Waals surface area (Å²) in [6.45, 7) is 1.96. The number of hydrogen-bond donors (Lipinski definition) is 2. The summed E-state index contributed by atoms with van der Waals surface area (Å²) in [6, 6.07) is 2.71. The average molecular weight is 397 g/mol. The Kier molecular flexibility index (Phi) is 6.68. The van der Waals surface area contributed by atoms with E-state index in [1.807, 2.05) is 0 Å². The summed E-state index contributed by atoms with van der Waals surface area (Å²) in [5.41, 5.74) is 1.31. The molecular formula is C18H18F3N3O4. The van der Waals surface area contributed by atoms with Crippen molar-refractivity contribution in [3.8, 4) is 5.88 Å². The number of alkyl halides is 3. The zero-order valence-electron chi connectivity index (χ0n) is 15.1. The van der Waals surface area contributed by atoms with E-state index >= 15 is 0 Å². The predicted octanol–water partition coefficient (Wildman–Crippen LogP) is 3.09. The number of carbonyl (C=O) groups is 2. The van der Waals surface area contributed by atoms with E-state index < -0.39 is 18.8 Å². The van der Waals surface area contributed by atoms with Gasteiger partial charge in [0.15, 0.2) is 18.6 Å². The maximum Gasteiger partial charge on any atom is 0.422 e. The van der Waals surface area contributed by atoms with Gasteiger partial charge in [-0.1, -0.05) is 0 Å². The number of hydrogen-bond acceptors (Lipinski definition) is 6. The SMILES string of the molecule is Cc1cc(C(C)NCc2c(C=O)ccnc2C(=O)O)cnc1OCC(F)(F)F. The fourth-order valence-corrected chi connectivity index (χ4v) is 2.48. The number of pyridine rings is 2. The van der Waals surface area contributed by atoms with E-state index in [4.69, 9.17) is 0 Å². The molecule has 2 aromatic rings. The average Bonchev–Trinajstić information content (AvgIpc) is 2.63. The molecule has 0 aromatic carbocycles. The highest BCUT2D eigenvalue weighted by Crippen LogP contribution is 2.23. The number of aryl methyl sites for hydroxylation is 1. The van der Waals surface area contributed by atoms with Crippen molar-refractivity contribution in [2.45, 2.75) is 32.6 Å². The molecule has 0 aliphatic rings. The summed E-state index contributed by atoms with van der Waals surface area (Å²) in [5.74, 6) is -1.37. The van der Waals surface area contributed by atoms with Crippen molar-refractivity contribution in [3.05, 3.63) is 52.5 Å². The number of aromatic carboxylic acids is 1. The molecule has 28 heavy (non-hydrogen) atoms. The molecule has 0 saturated heterocycles. The van der Waals surface area contributed by atoms with Crippen LogP contribution in [-0.2, 0) is 6.54 Å². The van der Waals surface area contributed by atoms with Crippen LogP contribution in [0.1, 0.15) is 50.5 Å². The molecule has 2 aromatic heterocycles. The quantitative estimate of drug-likeness (QED) is 0.660. The van der Waals surface area contributed by atoms with Crippen molar-refractivity contribution in [2.24, 2.45) is 0 Å². The van der Waals surface area contributed by atoms with Gasteiger partial charge in [-0.3, -0.25) is 4.79 Å². The number of carboxylic acid groups (broad SMARTS) is 1. The Morgan fingerprint density at radius 2 is 2.11 bits per heavy atom. The van der Waals surface area contributed by atoms with Gasteiger partial charge in [-0.25, -0.2) is 14.8 Å². The molecule has 0 radical (unpaired) electrons. The number of halogens is 3. The molecule has 2 N–H and O–H groups in total. The third-order valence-electron chi connectivity index (χ3n) is 3.93. The molecule has 0 aliphatic carbocycles. The lowest BCUT2D eigenvalue weighted by molar-refractivity contribution is -0.154. The molecule has 10 heteroatoms. The van der Waals surface area contributed by atoms with Crippen molar-refractivity contribution in [2.75, 3.05) is 6.61 Å². The summed E-state index contributed by atoms with van der Waals surface area (Å²) in [7, 11) is 0. The van der Waals surface area contributed by atoms with Gasteiger partial charge >= 0.3 is 12.1 Å². The fourth-order valence-electron chi connectivity index (χ4n) is 2.48. The van der Waals surface area contributed by atoms with Crippen molar-refractivity contribution in [1.29, 1.82) is 0 Å². The van der Waals surface area contributed by atoms with Gasteiger partial charge in [0.2, 0.25) is 5.88 Å². The molecular weight excluding hydrogens is 379 g/mol. The van der Waals surface area contributed by atoms with Gasteiger partial charge < -0.3 is 15.2 Å². The first-order valence-corrected chi connectivity index (χ1v) is 8.18. The van der Waals surface area contributed by atoms with E-state index in [1.54, 1.807) is 19.9 Å². The lowest BCUT2D eigenvalue weighted by Gasteiger charge is -2.17. The molecule has 0 bridgehead atoms. The zero-order chi connectivity index (χ0) is 20.9. The maximum atomic E-state index is 12.3. The molecule has 0 saturated carbocycles. The van der Waals surface area contributed by atoms with Gasteiger partial charge in [-0.2, -0.15) is 13.2 Å². The van der Waals surface area contributed by atoms with Crippen LogP contribution in [0.5, 0.6) is 5.88 Å². The second-order valence-electron chi connectivity index (χ2n) is 6.05. The molecule has 0 amide bonds. The Hall–Kier alpha value is -3.01. The van der Waals surface area contributed by atoms with E-state index in [1.165, 1.54) is 18.5 Å². The van der Waals surface area contributed by atoms with E-state index in [9.17, 15) is 27.9 Å². The van der Waals surface area contributed by atoms with Crippen LogP contribution >= 0.6 is 0 Å². The fraction of sp³-hybridized carbons (Fsp3) is 0.333. The summed E-state index contributed by atoms with van der Waals surface area (Å²) >= 11 is 0. The molecule has 0 aliphatic heterocycles. The van der Waals surface area contributed by atoms with Gasteiger partial charge in [0.25, 0.3) is 0 Å². The highest BCUT2D eigenvalue weighted by molar-refractivity contribution is 5.90. The summed E-state index contributed by atoms with van der Waals surface area (Å²) in [5, 5.41) is 12.3. The Morgan fingerprint density at radius 1 is 1.39 bits per heavy atom. The van der Waals surface area contributed by atoms with Gasteiger partial charge in [-0.15, -0.1) is 0 Å². The number of nitrogens with one attached hydrogen (secondary N) is 1. The molecule has 0 spiro atoms. The number of nitrogens with zero attached hydrogens (tertiary/aromatic N) is 2. The van der Waals surface area contributed by atoms with Gasteiger partial charge in [0, 0.05) is 41.7 Å². The van der Waals surface area contributed by atoms with Crippen LogP contribution in [-0.4, -0.2) is 40.1 Å². The number of carboxylic acids is 1. The van der Waals surface area contributed by atoms with E-state index in [0.717, 1.165) is 0 Å². The molecule has 1 atom stereocenters. The number of aromatic nitrogens is 2. The summed E-state index contributed by atoms with van der Waals surface area (Å²) in [6.07, 6.45) is -1.29. The number of rotatable bonds is 8. The molecule has 0 fully saturated rings. The van der Waals surface area contributed by atoms with Crippen LogP contribution in [0, 0.1) is 6.92 Å². The molecule has 150 valence electrons. The first-order valence-electron chi connectivity index (χ1n) is 8.18. The lowest BCUT2D eigenvalue weighted by Crippen LogP contribution is -2.22. The topological polar surface area (TPSA) is 101 Å². The third-order valence-corrected chi connectivity index (χ3v) is 3.93. The summed E-state index contributed by atoms with van der Waals surface area (Å²) < 4.78 is 41.4. The number of ether oxygens (including phenoxy) is 1. The van der Waals surface area contributed by atoms with Crippen LogP contribution < -0.4 is 10.1 Å². The van der Waals surface area contributed by atoms with Crippen molar-refractivity contribution in [3.63, 3.8) is 0 Å². The Morgan fingerprint density at radius 3 is 2.68 bits per heavy atom. The first-order chi connectivity index (χ1) is 13.1. The Labute approximate surface area is 158 Å². The van der Waals surface area contributed by atoms with E-state index in [0.29, 0.717) is 17.4 Å². The van der Waals surface area contributed by atoms with Crippen molar-refractivity contribution < 1.29 is 32.6 Å². The van der Waals surface area contributed by atoms with Gasteiger partial charge in [-0.05, 0) is 31.5 Å². The smallest absolute Gasteiger partial charge is 0.422 e. The van der Waals surface area contributed by atoms with Crippen LogP contribution in [0.3, 0.4) is 0 Å².